The van der Waals surface area contributed by atoms with Gasteiger partial charge >= 0.3 is 0 Å². The number of rotatable bonds is 8. The molecule has 3 aromatic rings. The lowest BCUT2D eigenvalue weighted by Crippen LogP contribution is -2.49. The van der Waals surface area contributed by atoms with Gasteiger partial charge in [-0.05, 0) is 23.6 Å². The Labute approximate surface area is 200 Å². The zero-order chi connectivity index (χ0) is 23.4. The van der Waals surface area contributed by atoms with Gasteiger partial charge in [-0.3, -0.25) is 4.90 Å². The van der Waals surface area contributed by atoms with Gasteiger partial charge in [0.25, 0.3) is 0 Å². The van der Waals surface area contributed by atoms with Crippen molar-refractivity contribution in [3.8, 4) is 0 Å². The summed E-state index contributed by atoms with van der Waals surface area (Å²) in [5, 5.41) is 0.515. The van der Waals surface area contributed by atoms with E-state index < -0.39 is 10.0 Å². The molecule has 1 aliphatic rings. The van der Waals surface area contributed by atoms with Crippen molar-refractivity contribution < 1.29 is 13.2 Å². The monoisotopic (exact) mass is 488 g/mol. The first kappa shape index (κ1) is 24.0. The molecule has 0 aliphatic carbocycles. The van der Waals surface area contributed by atoms with E-state index in [9.17, 15) is 8.42 Å². The fourth-order valence-electron chi connectivity index (χ4n) is 4.01. The van der Waals surface area contributed by atoms with Crippen molar-refractivity contribution in [2.24, 2.45) is 5.92 Å². The van der Waals surface area contributed by atoms with E-state index in [2.05, 4.69) is 40.8 Å². The smallest absolute Gasteiger partial charge is 0.243 e. The van der Waals surface area contributed by atoms with Crippen LogP contribution in [-0.2, 0) is 14.8 Å². The number of sulfonamides is 1. The van der Waals surface area contributed by atoms with Crippen LogP contribution in [0.2, 0.25) is 5.15 Å². The minimum absolute atomic E-state index is 0.0502. The molecule has 1 unspecified atom stereocenters. The van der Waals surface area contributed by atoms with Gasteiger partial charge in [-0.15, -0.1) is 0 Å². The highest BCUT2D eigenvalue weighted by atomic mass is 35.5. The molecule has 0 amide bonds. The summed E-state index contributed by atoms with van der Waals surface area (Å²) in [6, 6.07) is 15.2. The lowest BCUT2D eigenvalue weighted by atomic mass is 10.1. The first-order valence-electron chi connectivity index (χ1n) is 11.1. The number of halogens is 1. The predicted molar refractivity (Wildman–Crippen MR) is 130 cm³/mol. The maximum absolute atomic E-state index is 13.4. The van der Waals surface area contributed by atoms with Crippen molar-refractivity contribution in [1.29, 1.82) is 0 Å². The second-order valence-electron chi connectivity index (χ2n) is 8.65. The fourth-order valence-corrected chi connectivity index (χ4v) is 5.94. The Hall–Kier alpha value is -2.10. The van der Waals surface area contributed by atoms with Crippen LogP contribution >= 0.6 is 11.6 Å². The first-order chi connectivity index (χ1) is 15.9. The average Bonchev–Trinajstić information content (AvgIpc) is 2.82. The van der Waals surface area contributed by atoms with E-state index >= 15 is 0 Å². The van der Waals surface area contributed by atoms with Crippen LogP contribution in [0.25, 0.3) is 10.9 Å². The molecule has 1 aromatic heterocycles. The average molecular weight is 489 g/mol. The van der Waals surface area contributed by atoms with E-state index in [1.807, 2.05) is 18.2 Å². The van der Waals surface area contributed by atoms with Crippen LogP contribution in [-0.4, -0.2) is 66.9 Å². The molecule has 1 aliphatic heterocycles. The Morgan fingerprint density at radius 3 is 2.42 bits per heavy atom. The Kier molecular flexibility index (Phi) is 7.61. The van der Waals surface area contributed by atoms with Crippen molar-refractivity contribution in [3.05, 3.63) is 65.6 Å². The second kappa shape index (κ2) is 10.4. The zero-order valence-electron chi connectivity index (χ0n) is 18.9. The molecular weight excluding hydrogens is 460 g/mol. The van der Waals surface area contributed by atoms with Gasteiger partial charge in [0.1, 0.15) is 11.5 Å². The van der Waals surface area contributed by atoms with Crippen LogP contribution in [0.4, 0.5) is 0 Å². The van der Waals surface area contributed by atoms with Crippen LogP contribution in [0.5, 0.6) is 0 Å². The van der Waals surface area contributed by atoms with Crippen molar-refractivity contribution in [2.45, 2.75) is 24.8 Å². The van der Waals surface area contributed by atoms with Gasteiger partial charge in [-0.1, -0.05) is 61.8 Å². The summed E-state index contributed by atoms with van der Waals surface area (Å²) in [6.45, 7) is 7.72. The summed E-state index contributed by atoms with van der Waals surface area (Å²) in [6.07, 6.45) is 1.29. The number of benzene rings is 2. The fraction of sp³-hybridized carbons (Fsp3) is 0.417. The van der Waals surface area contributed by atoms with Crippen LogP contribution in [0.3, 0.4) is 0 Å². The second-order valence-corrected chi connectivity index (χ2v) is 10.9. The van der Waals surface area contributed by atoms with Crippen molar-refractivity contribution in [3.63, 3.8) is 0 Å². The number of aromatic nitrogens is 2. The molecule has 176 valence electrons. The van der Waals surface area contributed by atoms with E-state index in [-0.39, 0.29) is 16.2 Å². The summed E-state index contributed by atoms with van der Waals surface area (Å²) in [4.78, 5) is 10.6. The molecule has 7 nitrogen and oxygen atoms in total. The van der Waals surface area contributed by atoms with Gasteiger partial charge in [-0.2, -0.15) is 4.31 Å². The van der Waals surface area contributed by atoms with Crippen LogP contribution in [0.15, 0.2) is 59.8 Å². The molecule has 0 N–H and O–H groups in total. The maximum atomic E-state index is 13.4. The highest BCUT2D eigenvalue weighted by molar-refractivity contribution is 7.89. The first-order valence-corrected chi connectivity index (χ1v) is 13.0. The van der Waals surface area contributed by atoms with Gasteiger partial charge in [0, 0.05) is 39.3 Å². The van der Waals surface area contributed by atoms with E-state index in [0.717, 1.165) is 12.1 Å². The van der Waals surface area contributed by atoms with E-state index in [1.165, 1.54) is 10.6 Å². The topological polar surface area (TPSA) is 75.6 Å². The number of nitrogens with zero attached hydrogens (tertiary/aromatic N) is 4. The molecule has 2 heterocycles. The Balaban J connectivity index is 1.47. The Bertz CT molecular complexity index is 1180. The van der Waals surface area contributed by atoms with E-state index in [0.29, 0.717) is 49.6 Å². The molecule has 0 saturated carbocycles. The standard InChI is InChI=1S/C24H29ClN4O3S/c1-18(2)16-32-21(19-7-4-3-5-8-19)15-28-11-13-29(14-12-28)33(30,31)22-10-6-9-20-23(22)24(25)27-17-26-20/h3-10,17-18,21H,11-16H2,1-2H3. The minimum atomic E-state index is -3.73. The lowest BCUT2D eigenvalue weighted by Gasteiger charge is -2.36. The largest absolute Gasteiger partial charge is 0.372 e. The predicted octanol–water partition coefficient (Wildman–Crippen LogP) is 4.00. The SMILES string of the molecule is CC(C)COC(CN1CCN(S(=O)(=O)c2cccc3ncnc(Cl)c23)CC1)c1ccccc1. The van der Waals surface area contributed by atoms with Gasteiger partial charge < -0.3 is 4.74 Å². The highest BCUT2D eigenvalue weighted by Crippen LogP contribution is 2.30. The third-order valence-electron chi connectivity index (χ3n) is 5.75. The lowest BCUT2D eigenvalue weighted by molar-refractivity contribution is 0.00530. The van der Waals surface area contributed by atoms with Crippen LogP contribution in [0, 0.1) is 5.92 Å². The third kappa shape index (κ3) is 5.53. The van der Waals surface area contributed by atoms with E-state index in [1.54, 1.807) is 18.2 Å². The Morgan fingerprint density at radius 1 is 1.00 bits per heavy atom. The molecule has 1 fully saturated rings. The summed E-state index contributed by atoms with van der Waals surface area (Å²) >= 11 is 6.24. The molecule has 9 heteroatoms. The number of fused-ring (bicyclic) bond motifs is 1. The Morgan fingerprint density at radius 2 is 1.73 bits per heavy atom. The quantitative estimate of drug-likeness (QED) is 0.446. The molecule has 0 bridgehead atoms. The molecule has 2 aromatic carbocycles. The van der Waals surface area contributed by atoms with Crippen LogP contribution < -0.4 is 0 Å². The molecule has 4 rings (SSSR count). The summed E-state index contributed by atoms with van der Waals surface area (Å²) in [5.41, 5.74) is 1.65. The summed E-state index contributed by atoms with van der Waals surface area (Å²) in [5.74, 6) is 0.440. The van der Waals surface area contributed by atoms with Crippen molar-refractivity contribution >= 4 is 32.5 Å². The van der Waals surface area contributed by atoms with Gasteiger partial charge in [-0.25, -0.2) is 18.4 Å². The molecule has 0 radical (unpaired) electrons. The molecule has 33 heavy (non-hydrogen) atoms. The number of ether oxygens (including phenoxy) is 1. The number of hydrogen-bond donors (Lipinski definition) is 0. The van der Waals surface area contributed by atoms with Crippen LogP contribution in [0.1, 0.15) is 25.5 Å². The van der Waals surface area contributed by atoms with Gasteiger partial charge in [0.15, 0.2) is 0 Å². The highest BCUT2D eigenvalue weighted by Gasteiger charge is 2.31. The number of piperazine rings is 1. The molecule has 1 atom stereocenters. The summed E-state index contributed by atoms with van der Waals surface area (Å²) in [7, 11) is -3.73. The third-order valence-corrected chi connectivity index (χ3v) is 7.98. The zero-order valence-corrected chi connectivity index (χ0v) is 20.5. The van der Waals surface area contributed by atoms with Crippen molar-refractivity contribution in [1.82, 2.24) is 19.2 Å². The minimum Gasteiger partial charge on any atom is -0.372 e. The molecule has 0 spiro atoms. The van der Waals surface area contributed by atoms with Crippen molar-refractivity contribution in [2.75, 3.05) is 39.3 Å². The normalized spacial score (nSPS) is 17.0. The molecule has 1 saturated heterocycles. The summed E-state index contributed by atoms with van der Waals surface area (Å²) < 4.78 is 34.6. The molecular formula is C24H29ClN4O3S. The van der Waals surface area contributed by atoms with Gasteiger partial charge in [0.05, 0.1) is 21.9 Å². The maximum Gasteiger partial charge on any atom is 0.243 e. The number of hydrogen-bond acceptors (Lipinski definition) is 6. The van der Waals surface area contributed by atoms with E-state index in [4.69, 9.17) is 16.3 Å². The van der Waals surface area contributed by atoms with Gasteiger partial charge in [0.2, 0.25) is 10.0 Å².